The number of hydrogen-bond acceptors (Lipinski definition) is 4. The average Bonchev–Trinajstić information content (AvgIpc) is 3.06. The summed E-state index contributed by atoms with van der Waals surface area (Å²) in [5.41, 5.74) is -0.557. The van der Waals surface area contributed by atoms with E-state index in [1.54, 1.807) is 11.3 Å². The summed E-state index contributed by atoms with van der Waals surface area (Å²) in [7, 11) is 0. The minimum absolute atomic E-state index is 0.207. The van der Waals surface area contributed by atoms with Crippen LogP contribution in [0.4, 0.5) is 0 Å². The molecule has 1 aromatic rings. The third kappa shape index (κ3) is 2.62. The van der Waals surface area contributed by atoms with Gasteiger partial charge in [0.25, 0.3) is 0 Å². The van der Waals surface area contributed by atoms with Crippen molar-refractivity contribution in [3.05, 3.63) is 22.4 Å². The Kier molecular flexibility index (Phi) is 3.84. The second kappa shape index (κ2) is 5.47. The van der Waals surface area contributed by atoms with Gasteiger partial charge in [-0.05, 0) is 30.7 Å². The predicted octanol–water partition coefficient (Wildman–Crippen LogP) is 1.87. The van der Waals surface area contributed by atoms with Crippen molar-refractivity contribution in [2.24, 2.45) is 0 Å². The molecule has 0 spiro atoms. The highest BCUT2D eigenvalue weighted by atomic mass is 32.1. The molecule has 1 amide bonds. The Morgan fingerprint density at radius 1 is 1.55 bits per heavy atom. The Bertz CT molecular complexity index is 468. The van der Waals surface area contributed by atoms with E-state index < -0.39 is 5.60 Å². The summed E-state index contributed by atoms with van der Waals surface area (Å²) in [6, 6.07) is 4.45. The lowest BCUT2D eigenvalue weighted by Crippen LogP contribution is -2.63. The van der Waals surface area contributed by atoms with Crippen LogP contribution in [-0.2, 0) is 4.79 Å². The third-order valence-electron chi connectivity index (χ3n) is 4.50. The molecule has 1 N–H and O–H groups in total. The summed E-state index contributed by atoms with van der Waals surface area (Å²) < 4.78 is 0. The lowest BCUT2D eigenvalue weighted by atomic mass is 9.91. The first-order valence-corrected chi connectivity index (χ1v) is 8.27. The van der Waals surface area contributed by atoms with E-state index >= 15 is 0 Å². The molecule has 1 unspecified atom stereocenters. The van der Waals surface area contributed by atoms with Gasteiger partial charge in [-0.1, -0.05) is 13.0 Å². The Morgan fingerprint density at radius 2 is 2.35 bits per heavy atom. The van der Waals surface area contributed by atoms with Crippen molar-refractivity contribution in [2.45, 2.75) is 37.8 Å². The summed E-state index contributed by atoms with van der Waals surface area (Å²) in [5, 5.41) is 12.1. The molecule has 2 aliphatic heterocycles. The van der Waals surface area contributed by atoms with Crippen molar-refractivity contribution in [1.82, 2.24) is 9.80 Å². The Hall–Kier alpha value is -0.910. The first-order valence-electron chi connectivity index (χ1n) is 7.39. The van der Waals surface area contributed by atoms with E-state index in [0.29, 0.717) is 19.6 Å². The van der Waals surface area contributed by atoms with Gasteiger partial charge in [-0.2, -0.15) is 0 Å². The van der Waals surface area contributed by atoms with Gasteiger partial charge in [-0.25, -0.2) is 0 Å². The lowest BCUT2D eigenvalue weighted by molar-refractivity contribution is -0.142. The smallest absolute Gasteiger partial charge is 0.237 e. The van der Waals surface area contributed by atoms with Crippen LogP contribution in [0.2, 0.25) is 0 Å². The monoisotopic (exact) mass is 294 g/mol. The fraction of sp³-hybridized carbons (Fsp3) is 0.667. The van der Waals surface area contributed by atoms with Crippen LogP contribution in [0.25, 0.3) is 0 Å². The van der Waals surface area contributed by atoms with Crippen LogP contribution in [-0.4, -0.2) is 52.6 Å². The number of β-amino-alcohol motifs (C(OH)–C–C–N with tert-alkyl or cyclic N) is 1. The third-order valence-corrected chi connectivity index (χ3v) is 5.47. The average molecular weight is 294 g/mol. The number of likely N-dealkylation sites (tertiary alicyclic amines) is 2. The minimum Gasteiger partial charge on any atom is -0.387 e. The predicted molar refractivity (Wildman–Crippen MR) is 79.7 cm³/mol. The van der Waals surface area contributed by atoms with E-state index in [0.717, 1.165) is 25.8 Å². The quantitative estimate of drug-likeness (QED) is 0.922. The van der Waals surface area contributed by atoms with Crippen molar-refractivity contribution in [3.63, 3.8) is 0 Å². The van der Waals surface area contributed by atoms with Crippen LogP contribution in [0.5, 0.6) is 0 Å². The molecule has 110 valence electrons. The Labute approximate surface area is 124 Å². The molecular weight excluding hydrogens is 272 g/mol. The van der Waals surface area contributed by atoms with Crippen LogP contribution in [0, 0.1) is 0 Å². The maximum Gasteiger partial charge on any atom is 0.237 e. The molecule has 0 radical (unpaired) electrons. The van der Waals surface area contributed by atoms with E-state index in [1.807, 2.05) is 11.8 Å². The molecule has 0 aliphatic carbocycles. The number of carbonyl (C=O) groups is 1. The fourth-order valence-corrected chi connectivity index (χ4v) is 4.12. The van der Waals surface area contributed by atoms with Gasteiger partial charge < -0.3 is 10.0 Å². The largest absolute Gasteiger partial charge is 0.387 e. The van der Waals surface area contributed by atoms with E-state index in [2.05, 4.69) is 22.4 Å². The molecule has 0 bridgehead atoms. The standard InChI is InChI=1S/C15H22N2O2S/c1-2-15(19)10-16(11-15)9-14(18)17-7-3-5-12(17)13-6-4-8-20-13/h4,6,8,12,19H,2-3,5,7,9-11H2,1H3. The summed E-state index contributed by atoms with van der Waals surface area (Å²) in [5.74, 6) is 0.207. The number of rotatable bonds is 4. The zero-order valence-electron chi connectivity index (χ0n) is 11.9. The van der Waals surface area contributed by atoms with E-state index in [1.165, 1.54) is 4.88 Å². The first-order chi connectivity index (χ1) is 9.61. The second-order valence-corrected chi connectivity index (χ2v) is 6.96. The highest BCUT2D eigenvalue weighted by Gasteiger charge is 2.41. The van der Waals surface area contributed by atoms with Crippen molar-refractivity contribution < 1.29 is 9.90 Å². The number of carbonyl (C=O) groups excluding carboxylic acids is 1. The normalized spacial score (nSPS) is 25.7. The first kappa shape index (κ1) is 14.0. The SMILES string of the molecule is CCC1(O)CN(CC(=O)N2CCCC2c2cccs2)C1. The fourth-order valence-electron chi connectivity index (χ4n) is 3.25. The van der Waals surface area contributed by atoms with Gasteiger partial charge in [0.1, 0.15) is 0 Å². The zero-order chi connectivity index (χ0) is 14.2. The molecule has 5 heteroatoms. The molecular formula is C15H22N2O2S. The summed E-state index contributed by atoms with van der Waals surface area (Å²) in [6.07, 6.45) is 2.93. The minimum atomic E-state index is -0.557. The van der Waals surface area contributed by atoms with E-state index in [9.17, 15) is 9.90 Å². The second-order valence-electron chi connectivity index (χ2n) is 5.98. The van der Waals surface area contributed by atoms with Gasteiger partial charge >= 0.3 is 0 Å². The van der Waals surface area contributed by atoms with Crippen LogP contribution >= 0.6 is 11.3 Å². The van der Waals surface area contributed by atoms with Crippen molar-refractivity contribution >= 4 is 17.2 Å². The summed E-state index contributed by atoms with van der Waals surface area (Å²) >= 11 is 1.74. The lowest BCUT2D eigenvalue weighted by Gasteiger charge is -2.46. The molecule has 2 aliphatic rings. The molecule has 3 rings (SSSR count). The molecule has 0 aromatic carbocycles. The molecule has 0 saturated carbocycles. The van der Waals surface area contributed by atoms with Crippen molar-refractivity contribution in [1.29, 1.82) is 0 Å². The van der Waals surface area contributed by atoms with Crippen LogP contribution < -0.4 is 0 Å². The molecule has 2 fully saturated rings. The van der Waals surface area contributed by atoms with E-state index in [4.69, 9.17) is 0 Å². The van der Waals surface area contributed by atoms with Gasteiger partial charge in [0.2, 0.25) is 5.91 Å². The van der Waals surface area contributed by atoms with Gasteiger partial charge in [0.15, 0.2) is 0 Å². The number of hydrogen-bond donors (Lipinski definition) is 1. The maximum absolute atomic E-state index is 12.5. The molecule has 2 saturated heterocycles. The molecule has 1 aromatic heterocycles. The van der Waals surface area contributed by atoms with Crippen LogP contribution in [0.3, 0.4) is 0 Å². The Balaban J connectivity index is 1.57. The number of aliphatic hydroxyl groups is 1. The van der Waals surface area contributed by atoms with E-state index in [-0.39, 0.29) is 11.9 Å². The summed E-state index contributed by atoms with van der Waals surface area (Å²) in [6.45, 7) is 4.57. The van der Waals surface area contributed by atoms with Gasteiger partial charge in [0.05, 0.1) is 18.2 Å². The molecule has 3 heterocycles. The highest BCUT2D eigenvalue weighted by molar-refractivity contribution is 7.10. The van der Waals surface area contributed by atoms with Gasteiger partial charge in [-0.15, -0.1) is 11.3 Å². The number of amides is 1. The molecule has 4 nitrogen and oxygen atoms in total. The topological polar surface area (TPSA) is 43.8 Å². The molecule has 20 heavy (non-hydrogen) atoms. The summed E-state index contributed by atoms with van der Waals surface area (Å²) in [4.78, 5) is 17.8. The Morgan fingerprint density at radius 3 is 3.00 bits per heavy atom. The van der Waals surface area contributed by atoms with Crippen molar-refractivity contribution in [3.8, 4) is 0 Å². The number of nitrogens with zero attached hydrogens (tertiary/aromatic N) is 2. The van der Waals surface area contributed by atoms with Crippen molar-refractivity contribution in [2.75, 3.05) is 26.2 Å². The van der Waals surface area contributed by atoms with Crippen LogP contribution in [0.1, 0.15) is 37.1 Å². The number of thiophene rings is 1. The van der Waals surface area contributed by atoms with Gasteiger partial charge in [0, 0.05) is 24.5 Å². The highest BCUT2D eigenvalue weighted by Crippen LogP contribution is 2.35. The maximum atomic E-state index is 12.5. The molecule has 1 atom stereocenters. The van der Waals surface area contributed by atoms with Crippen LogP contribution in [0.15, 0.2) is 17.5 Å². The zero-order valence-corrected chi connectivity index (χ0v) is 12.7. The van der Waals surface area contributed by atoms with Gasteiger partial charge in [-0.3, -0.25) is 9.69 Å².